The molecule has 30 heavy (non-hydrogen) atoms. The van der Waals surface area contributed by atoms with Crippen molar-refractivity contribution in [1.29, 1.82) is 0 Å². The first-order valence-electron chi connectivity index (χ1n) is 10.6. The normalized spacial score (nSPS) is 13.0. The number of allylic oxidation sites excluding steroid dienone is 3. The van der Waals surface area contributed by atoms with Gasteiger partial charge >= 0.3 is 5.97 Å². The molecule has 1 aliphatic carbocycles. The number of hydrogen-bond donors (Lipinski definition) is 1. The van der Waals surface area contributed by atoms with Crippen LogP contribution in [0.2, 0.25) is 0 Å². The fourth-order valence-corrected chi connectivity index (χ4v) is 3.29. The molecule has 0 fully saturated rings. The van der Waals surface area contributed by atoms with E-state index in [1.807, 2.05) is 37.3 Å². The summed E-state index contributed by atoms with van der Waals surface area (Å²) < 4.78 is 6.72. The number of ether oxygens (including phenoxy) is 1. The number of hydrogen-bond acceptors (Lipinski definition) is 5. The molecule has 0 amide bonds. The lowest BCUT2D eigenvalue weighted by atomic mass is 10.0. The number of rotatable bonds is 10. The van der Waals surface area contributed by atoms with Crippen LogP contribution in [0.25, 0.3) is 11.3 Å². The van der Waals surface area contributed by atoms with E-state index in [4.69, 9.17) is 4.74 Å². The summed E-state index contributed by atoms with van der Waals surface area (Å²) in [5.74, 6) is -0.172. The van der Waals surface area contributed by atoms with Gasteiger partial charge in [0.1, 0.15) is 6.54 Å². The molecule has 0 saturated carbocycles. The zero-order chi connectivity index (χ0) is 21.2. The van der Waals surface area contributed by atoms with Crippen LogP contribution in [0.3, 0.4) is 0 Å². The lowest BCUT2D eigenvalue weighted by Crippen LogP contribution is -2.30. The number of carbonyl (C=O) groups excluding carboxylic acids is 1. The highest BCUT2D eigenvalue weighted by atomic mass is 16.5. The zero-order valence-electron chi connectivity index (χ0n) is 17.5. The van der Waals surface area contributed by atoms with Gasteiger partial charge in [0.2, 0.25) is 0 Å². The van der Waals surface area contributed by atoms with Gasteiger partial charge in [0.05, 0.1) is 18.5 Å². The predicted molar refractivity (Wildman–Crippen MR) is 119 cm³/mol. The molecule has 0 radical (unpaired) electrons. The Morgan fingerprint density at radius 1 is 1.23 bits per heavy atom. The monoisotopic (exact) mass is 407 g/mol. The van der Waals surface area contributed by atoms with Crippen LogP contribution < -0.4 is 10.9 Å². The predicted octanol–water partition coefficient (Wildman–Crippen LogP) is 4.33. The van der Waals surface area contributed by atoms with E-state index in [2.05, 4.69) is 28.5 Å². The third kappa shape index (κ3) is 5.92. The van der Waals surface area contributed by atoms with Crippen molar-refractivity contribution in [2.45, 2.75) is 45.6 Å². The number of esters is 1. The van der Waals surface area contributed by atoms with Gasteiger partial charge in [-0.1, -0.05) is 67.5 Å². The smallest absolute Gasteiger partial charge is 0.326 e. The summed E-state index contributed by atoms with van der Waals surface area (Å²) in [6.07, 6.45) is 12.9. The molecular weight excluding hydrogens is 378 g/mol. The summed E-state index contributed by atoms with van der Waals surface area (Å²) >= 11 is 0. The molecule has 3 rings (SSSR count). The first-order valence-corrected chi connectivity index (χ1v) is 10.6. The van der Waals surface area contributed by atoms with Gasteiger partial charge in [-0.15, -0.1) is 0 Å². The van der Waals surface area contributed by atoms with Gasteiger partial charge in [-0.3, -0.25) is 14.2 Å². The summed E-state index contributed by atoms with van der Waals surface area (Å²) in [5.41, 5.74) is 2.36. The van der Waals surface area contributed by atoms with Crippen LogP contribution in [-0.4, -0.2) is 28.7 Å². The van der Waals surface area contributed by atoms with Gasteiger partial charge < -0.3 is 10.1 Å². The van der Waals surface area contributed by atoms with Crippen LogP contribution in [0, 0.1) is 0 Å². The molecule has 158 valence electrons. The maximum absolute atomic E-state index is 13.1. The molecule has 1 N–H and O–H groups in total. The van der Waals surface area contributed by atoms with Crippen molar-refractivity contribution in [3.63, 3.8) is 0 Å². The molecule has 6 heteroatoms. The van der Waals surface area contributed by atoms with Gasteiger partial charge in [0.25, 0.3) is 5.56 Å². The summed E-state index contributed by atoms with van der Waals surface area (Å²) in [5, 5.41) is 3.13. The Morgan fingerprint density at radius 2 is 2.07 bits per heavy atom. The number of nitrogens with one attached hydrogen (secondary N) is 1. The SMILES string of the molecule is CCCCOC(=O)Cn1c(-c2ccccc2)cnc(NCCC2=CCCC=C2)c1=O. The van der Waals surface area contributed by atoms with E-state index in [-0.39, 0.29) is 17.9 Å². The summed E-state index contributed by atoms with van der Waals surface area (Å²) in [7, 11) is 0. The van der Waals surface area contributed by atoms with Crippen molar-refractivity contribution < 1.29 is 9.53 Å². The minimum absolute atomic E-state index is 0.141. The highest BCUT2D eigenvalue weighted by molar-refractivity contribution is 5.71. The molecule has 1 aliphatic rings. The van der Waals surface area contributed by atoms with Crippen LogP contribution in [0.15, 0.2) is 65.1 Å². The van der Waals surface area contributed by atoms with Gasteiger partial charge in [-0.05, 0) is 31.2 Å². The van der Waals surface area contributed by atoms with Crippen LogP contribution in [0.5, 0.6) is 0 Å². The lowest BCUT2D eigenvalue weighted by molar-refractivity contribution is -0.144. The number of unbranched alkanes of at least 4 members (excludes halogenated alkanes) is 1. The fraction of sp³-hybridized carbons (Fsp3) is 0.375. The van der Waals surface area contributed by atoms with Crippen molar-refractivity contribution in [3.8, 4) is 11.3 Å². The van der Waals surface area contributed by atoms with E-state index in [1.54, 1.807) is 6.20 Å². The molecule has 0 unspecified atom stereocenters. The molecule has 6 nitrogen and oxygen atoms in total. The Bertz CT molecular complexity index is 961. The summed E-state index contributed by atoms with van der Waals surface area (Å²) in [6.45, 7) is 2.86. The Morgan fingerprint density at radius 3 is 2.80 bits per heavy atom. The molecule has 0 spiro atoms. The maximum Gasteiger partial charge on any atom is 0.326 e. The van der Waals surface area contributed by atoms with Gasteiger partial charge in [-0.25, -0.2) is 4.98 Å². The maximum atomic E-state index is 13.1. The Balaban J connectivity index is 1.79. The van der Waals surface area contributed by atoms with Crippen LogP contribution in [0.4, 0.5) is 5.82 Å². The third-order valence-corrected chi connectivity index (χ3v) is 4.95. The molecule has 2 aromatic rings. The second-order valence-electron chi connectivity index (χ2n) is 7.26. The topological polar surface area (TPSA) is 73.2 Å². The van der Waals surface area contributed by atoms with E-state index in [1.165, 1.54) is 10.1 Å². The third-order valence-electron chi connectivity index (χ3n) is 4.95. The first-order chi connectivity index (χ1) is 14.7. The van der Waals surface area contributed by atoms with E-state index < -0.39 is 5.97 Å². The molecule has 0 atom stereocenters. The van der Waals surface area contributed by atoms with E-state index in [0.717, 1.165) is 37.7 Å². The van der Waals surface area contributed by atoms with Crippen LogP contribution in [0.1, 0.15) is 39.0 Å². The van der Waals surface area contributed by atoms with Gasteiger partial charge in [0.15, 0.2) is 5.82 Å². The largest absolute Gasteiger partial charge is 0.464 e. The van der Waals surface area contributed by atoms with Gasteiger partial charge in [0, 0.05) is 6.54 Å². The zero-order valence-corrected chi connectivity index (χ0v) is 17.5. The van der Waals surface area contributed by atoms with Crippen LogP contribution in [-0.2, 0) is 16.1 Å². The fourth-order valence-electron chi connectivity index (χ4n) is 3.29. The van der Waals surface area contributed by atoms with Crippen molar-refractivity contribution >= 4 is 11.8 Å². The number of benzene rings is 1. The van der Waals surface area contributed by atoms with E-state index in [9.17, 15) is 9.59 Å². The molecular formula is C24H29N3O3. The molecule has 1 heterocycles. The Labute approximate surface area is 177 Å². The molecule has 1 aromatic heterocycles. The second kappa shape index (κ2) is 11.1. The number of carbonyl (C=O) groups is 1. The van der Waals surface area contributed by atoms with Crippen molar-refractivity contribution in [3.05, 3.63) is 70.7 Å². The van der Waals surface area contributed by atoms with Crippen molar-refractivity contribution in [2.75, 3.05) is 18.5 Å². The number of anilines is 1. The summed E-state index contributed by atoms with van der Waals surface area (Å²) in [6, 6.07) is 9.47. The average Bonchev–Trinajstić information content (AvgIpc) is 2.78. The van der Waals surface area contributed by atoms with Crippen molar-refractivity contribution in [1.82, 2.24) is 9.55 Å². The first kappa shape index (κ1) is 21.6. The summed E-state index contributed by atoms with van der Waals surface area (Å²) in [4.78, 5) is 29.8. The lowest BCUT2D eigenvalue weighted by Gasteiger charge is -2.15. The average molecular weight is 408 g/mol. The van der Waals surface area contributed by atoms with E-state index >= 15 is 0 Å². The number of aromatic nitrogens is 2. The standard InChI is InChI=1S/C24H29N3O3/c1-2-3-16-30-22(28)18-27-21(20-12-8-5-9-13-20)17-26-23(24(27)29)25-15-14-19-10-6-4-7-11-19/h5-6,8-13,17H,2-4,7,14-16,18H2,1H3,(H,25,26). The Kier molecular flexibility index (Phi) is 8.01. The highest BCUT2D eigenvalue weighted by Crippen LogP contribution is 2.18. The van der Waals surface area contributed by atoms with Gasteiger partial charge in [-0.2, -0.15) is 0 Å². The molecule has 0 saturated heterocycles. The van der Waals surface area contributed by atoms with Crippen molar-refractivity contribution in [2.24, 2.45) is 0 Å². The Hall–Kier alpha value is -3.15. The minimum Gasteiger partial charge on any atom is -0.464 e. The molecule has 1 aromatic carbocycles. The quantitative estimate of drug-likeness (QED) is 0.469. The minimum atomic E-state index is -0.419. The van der Waals surface area contributed by atoms with E-state index in [0.29, 0.717) is 18.8 Å². The number of nitrogens with zero attached hydrogens (tertiary/aromatic N) is 2. The highest BCUT2D eigenvalue weighted by Gasteiger charge is 2.15. The molecule has 0 bridgehead atoms. The molecule has 0 aliphatic heterocycles. The second-order valence-corrected chi connectivity index (χ2v) is 7.26. The van der Waals surface area contributed by atoms with Crippen LogP contribution >= 0.6 is 0 Å².